The van der Waals surface area contributed by atoms with E-state index >= 15 is 0 Å². The first-order valence-electron chi connectivity index (χ1n) is 10.7. The summed E-state index contributed by atoms with van der Waals surface area (Å²) in [5.41, 5.74) is 1.47. The SMILES string of the molecule is CC(C(=O)N1C(=O)OC[C@@H]1Cc1ccccc1)N(NC(=O)OC(C)(C)C)C(=O)OC(C)(C)C. The number of ether oxygens (including phenoxy) is 3. The summed E-state index contributed by atoms with van der Waals surface area (Å²) >= 11 is 0. The normalized spacial score (nSPS) is 17.1. The van der Waals surface area contributed by atoms with Gasteiger partial charge in [-0.15, -0.1) is 0 Å². The van der Waals surface area contributed by atoms with E-state index in [2.05, 4.69) is 5.43 Å². The van der Waals surface area contributed by atoms with Crippen molar-refractivity contribution in [3.05, 3.63) is 35.9 Å². The minimum absolute atomic E-state index is 0.0259. The van der Waals surface area contributed by atoms with Gasteiger partial charge in [-0.1, -0.05) is 30.3 Å². The number of nitrogens with zero attached hydrogens (tertiary/aromatic N) is 2. The highest BCUT2D eigenvalue weighted by atomic mass is 16.6. The largest absolute Gasteiger partial charge is 0.447 e. The van der Waals surface area contributed by atoms with E-state index in [9.17, 15) is 19.2 Å². The summed E-state index contributed by atoms with van der Waals surface area (Å²) in [5, 5.41) is 0.729. The zero-order valence-corrected chi connectivity index (χ0v) is 20.2. The minimum atomic E-state index is -1.28. The molecule has 0 spiro atoms. The lowest BCUT2D eigenvalue weighted by Crippen LogP contribution is -2.59. The van der Waals surface area contributed by atoms with Crippen LogP contribution in [-0.4, -0.2) is 64.0 Å². The lowest BCUT2D eigenvalue weighted by Gasteiger charge is -2.33. The van der Waals surface area contributed by atoms with Crippen LogP contribution in [0.15, 0.2) is 30.3 Å². The quantitative estimate of drug-likeness (QED) is 0.535. The molecule has 0 saturated carbocycles. The standard InChI is InChI=1S/C23H33N3O7/c1-15(26(21(30)33-23(5,6)7)24-19(28)32-22(2,3)4)18(27)25-17(14-31-20(25)29)13-16-11-9-8-10-12-16/h8-12,15,17H,13-14H2,1-7H3,(H,24,28)/t15?,17-/m0/s1. The van der Waals surface area contributed by atoms with Crippen molar-refractivity contribution in [1.82, 2.24) is 15.3 Å². The second kappa shape index (κ2) is 10.1. The van der Waals surface area contributed by atoms with Gasteiger partial charge >= 0.3 is 18.3 Å². The van der Waals surface area contributed by atoms with Crippen LogP contribution in [0, 0.1) is 0 Å². The van der Waals surface area contributed by atoms with Crippen molar-refractivity contribution in [2.24, 2.45) is 0 Å². The number of hydrazine groups is 1. The highest BCUT2D eigenvalue weighted by molar-refractivity contribution is 5.97. The Balaban J connectivity index is 2.25. The molecule has 1 saturated heterocycles. The van der Waals surface area contributed by atoms with E-state index < -0.39 is 47.5 Å². The molecule has 1 aliphatic rings. The van der Waals surface area contributed by atoms with E-state index in [1.54, 1.807) is 41.5 Å². The lowest BCUT2D eigenvalue weighted by molar-refractivity contribution is -0.135. The Labute approximate surface area is 194 Å². The number of cyclic esters (lactones) is 1. The molecule has 4 amide bonds. The summed E-state index contributed by atoms with van der Waals surface area (Å²) in [6.45, 7) is 11.3. The highest BCUT2D eigenvalue weighted by Crippen LogP contribution is 2.21. The Morgan fingerprint density at radius 3 is 2.21 bits per heavy atom. The number of rotatable bonds is 4. The van der Waals surface area contributed by atoms with E-state index in [-0.39, 0.29) is 6.61 Å². The van der Waals surface area contributed by atoms with E-state index in [0.29, 0.717) is 6.42 Å². The average molecular weight is 464 g/mol. The van der Waals surface area contributed by atoms with Gasteiger partial charge in [0.25, 0.3) is 5.91 Å². The monoisotopic (exact) mass is 463 g/mol. The number of hydrogen-bond acceptors (Lipinski definition) is 7. The second-order valence-electron chi connectivity index (χ2n) is 9.77. The zero-order valence-electron chi connectivity index (χ0n) is 20.2. The van der Waals surface area contributed by atoms with Crippen LogP contribution >= 0.6 is 0 Å². The molecular formula is C23H33N3O7. The van der Waals surface area contributed by atoms with E-state index in [4.69, 9.17) is 14.2 Å². The van der Waals surface area contributed by atoms with Crippen LogP contribution < -0.4 is 5.43 Å². The number of hydrogen-bond donors (Lipinski definition) is 1. The average Bonchev–Trinajstić information content (AvgIpc) is 3.03. The summed E-state index contributed by atoms with van der Waals surface area (Å²) in [5.74, 6) is -0.722. The van der Waals surface area contributed by atoms with Gasteiger partial charge in [-0.2, -0.15) is 0 Å². The van der Waals surface area contributed by atoms with E-state index in [1.165, 1.54) is 6.92 Å². The maximum absolute atomic E-state index is 13.3. The van der Waals surface area contributed by atoms with Crippen LogP contribution in [0.1, 0.15) is 54.0 Å². The fourth-order valence-electron chi connectivity index (χ4n) is 3.09. The number of imide groups is 1. The van der Waals surface area contributed by atoms with Gasteiger partial charge in [0.1, 0.15) is 23.9 Å². The Bertz CT molecular complexity index is 874. The number of benzene rings is 1. The van der Waals surface area contributed by atoms with Crippen molar-refractivity contribution < 1.29 is 33.4 Å². The van der Waals surface area contributed by atoms with Gasteiger partial charge in [-0.25, -0.2) is 29.7 Å². The van der Waals surface area contributed by atoms with Crippen molar-refractivity contribution in [3.63, 3.8) is 0 Å². The van der Waals surface area contributed by atoms with Crippen molar-refractivity contribution in [2.75, 3.05) is 6.61 Å². The predicted octanol–water partition coefficient (Wildman–Crippen LogP) is 3.64. The first-order chi connectivity index (χ1) is 15.2. The molecule has 0 bridgehead atoms. The molecule has 1 aliphatic heterocycles. The second-order valence-corrected chi connectivity index (χ2v) is 9.77. The fourth-order valence-corrected chi connectivity index (χ4v) is 3.09. The molecule has 2 rings (SSSR count). The number of carbonyl (C=O) groups excluding carboxylic acids is 4. The predicted molar refractivity (Wildman–Crippen MR) is 119 cm³/mol. The molecule has 182 valence electrons. The molecule has 0 radical (unpaired) electrons. The van der Waals surface area contributed by atoms with Gasteiger partial charge in [-0.3, -0.25) is 4.79 Å². The first kappa shape index (κ1) is 26.0. The van der Waals surface area contributed by atoms with Crippen LogP contribution in [0.5, 0.6) is 0 Å². The summed E-state index contributed by atoms with van der Waals surface area (Å²) in [6, 6.07) is 7.50. The first-order valence-corrected chi connectivity index (χ1v) is 10.7. The molecule has 1 N–H and O–H groups in total. The van der Waals surface area contributed by atoms with Crippen molar-refractivity contribution in [2.45, 2.75) is 78.2 Å². The number of amides is 4. The summed E-state index contributed by atoms with van der Waals surface area (Å²) in [6.07, 6.45) is -2.34. The van der Waals surface area contributed by atoms with Gasteiger partial charge in [0.15, 0.2) is 0 Å². The molecule has 1 fully saturated rings. The fraction of sp³-hybridized carbons (Fsp3) is 0.565. The van der Waals surface area contributed by atoms with Crippen LogP contribution in [-0.2, 0) is 25.4 Å². The zero-order chi connectivity index (χ0) is 25.0. The third-order valence-electron chi connectivity index (χ3n) is 4.46. The van der Waals surface area contributed by atoms with Crippen molar-refractivity contribution in [1.29, 1.82) is 0 Å². The van der Waals surface area contributed by atoms with Gasteiger partial charge in [0.05, 0.1) is 6.04 Å². The van der Waals surface area contributed by atoms with Crippen molar-refractivity contribution in [3.8, 4) is 0 Å². The van der Waals surface area contributed by atoms with Gasteiger partial charge in [-0.05, 0) is 60.5 Å². The molecule has 0 aliphatic carbocycles. The molecule has 1 aromatic carbocycles. The maximum atomic E-state index is 13.3. The molecule has 1 aromatic rings. The van der Waals surface area contributed by atoms with Crippen molar-refractivity contribution >= 4 is 24.2 Å². The van der Waals surface area contributed by atoms with Crippen LogP contribution in [0.25, 0.3) is 0 Å². The number of carbonyl (C=O) groups is 4. The molecule has 33 heavy (non-hydrogen) atoms. The highest BCUT2D eigenvalue weighted by Gasteiger charge is 2.43. The smallest absolute Gasteiger partial charge is 0.430 e. The maximum Gasteiger partial charge on any atom is 0.430 e. The third-order valence-corrected chi connectivity index (χ3v) is 4.46. The van der Waals surface area contributed by atoms with Gasteiger partial charge in [0.2, 0.25) is 0 Å². The van der Waals surface area contributed by atoms with Crippen LogP contribution in [0.3, 0.4) is 0 Å². The summed E-state index contributed by atoms with van der Waals surface area (Å²) in [7, 11) is 0. The van der Waals surface area contributed by atoms with Crippen LogP contribution in [0.2, 0.25) is 0 Å². The van der Waals surface area contributed by atoms with Gasteiger partial charge < -0.3 is 14.2 Å². The Hall–Kier alpha value is -3.30. The summed E-state index contributed by atoms with van der Waals surface area (Å²) < 4.78 is 15.7. The Kier molecular flexibility index (Phi) is 7.94. The van der Waals surface area contributed by atoms with Crippen LogP contribution in [0.4, 0.5) is 14.4 Å². The molecule has 1 unspecified atom stereocenters. The molecule has 10 nitrogen and oxygen atoms in total. The minimum Gasteiger partial charge on any atom is -0.447 e. The van der Waals surface area contributed by atoms with E-state index in [1.807, 2.05) is 30.3 Å². The molecule has 10 heteroatoms. The number of nitrogens with one attached hydrogen (secondary N) is 1. The topological polar surface area (TPSA) is 114 Å². The molecule has 2 atom stereocenters. The third kappa shape index (κ3) is 7.65. The lowest BCUT2D eigenvalue weighted by atomic mass is 10.1. The molecular weight excluding hydrogens is 430 g/mol. The van der Waals surface area contributed by atoms with E-state index in [0.717, 1.165) is 15.5 Å². The molecule has 0 aromatic heterocycles. The molecule has 1 heterocycles. The van der Waals surface area contributed by atoms with Gasteiger partial charge in [0, 0.05) is 0 Å². The Morgan fingerprint density at radius 2 is 1.67 bits per heavy atom. The summed E-state index contributed by atoms with van der Waals surface area (Å²) in [4.78, 5) is 51.9. The Morgan fingerprint density at radius 1 is 1.09 bits per heavy atom.